The van der Waals surface area contributed by atoms with Gasteiger partial charge in [0.2, 0.25) is 0 Å². The molecule has 0 amide bonds. The number of nitrogens with zero attached hydrogens (tertiary/aromatic N) is 1. The standard InChI is InChI=1S/C48H84NO13P/c1-8-10-16-22-38(50)28-29-41-42(44(53)33-43(41)52)32-39(51)23-20-21-26-47(54)58-34-40(35-60-63(56,57)59-31-30-49(5,6)7)61-48(55)27-19-15-13-12-14-18-25-46-37(4)36(3)45(62-46)24-17-11-9-2/h28-29,38,40-44,50,52-53H,8-27,30-35H2,1-7H3/b29-28+/t38-,40+,41+,42+,43+,44-/m0/s1. The lowest BCUT2D eigenvalue weighted by Crippen LogP contribution is -2.37. The van der Waals surface area contributed by atoms with Crippen molar-refractivity contribution in [2.75, 3.05) is 47.5 Å². The van der Waals surface area contributed by atoms with E-state index in [0.717, 1.165) is 82.1 Å². The molecule has 0 aliphatic heterocycles. The molecule has 7 atom stereocenters. The molecule has 0 aromatic carbocycles. The van der Waals surface area contributed by atoms with Crippen molar-refractivity contribution in [2.45, 2.75) is 193 Å². The van der Waals surface area contributed by atoms with Crippen molar-refractivity contribution in [3.05, 3.63) is 34.8 Å². The van der Waals surface area contributed by atoms with Crippen LogP contribution < -0.4 is 4.89 Å². The van der Waals surface area contributed by atoms with E-state index < -0.39 is 69.2 Å². The van der Waals surface area contributed by atoms with Crippen LogP contribution in [0.25, 0.3) is 0 Å². The van der Waals surface area contributed by atoms with Crippen LogP contribution in [-0.4, -0.2) is 109 Å². The molecule has 1 aromatic heterocycles. The molecule has 14 nitrogen and oxygen atoms in total. The van der Waals surface area contributed by atoms with Gasteiger partial charge in [-0.25, -0.2) is 0 Å². The third-order valence-corrected chi connectivity index (χ3v) is 12.9. The smallest absolute Gasteiger partial charge is 0.306 e. The number of quaternary nitrogens is 1. The highest BCUT2D eigenvalue weighted by Gasteiger charge is 2.41. The van der Waals surface area contributed by atoms with Crippen LogP contribution in [0, 0.1) is 25.7 Å². The Bertz CT molecular complexity index is 1540. The number of likely N-dealkylation sites (N-methyl/N-ethyl adjacent to an activating group) is 1. The number of esters is 2. The Labute approximate surface area is 378 Å². The molecule has 0 spiro atoms. The van der Waals surface area contributed by atoms with Crippen molar-refractivity contribution in [3.63, 3.8) is 0 Å². The zero-order valence-electron chi connectivity index (χ0n) is 39.8. The van der Waals surface area contributed by atoms with Gasteiger partial charge < -0.3 is 47.6 Å². The topological polar surface area (TPSA) is 202 Å². The Hall–Kier alpha value is -2.42. The molecule has 0 bridgehead atoms. The number of aliphatic hydroxyl groups excluding tert-OH is 3. The number of carbonyl (C=O) groups excluding carboxylic acids is 3. The lowest BCUT2D eigenvalue weighted by molar-refractivity contribution is -0.870. The van der Waals surface area contributed by atoms with Crippen molar-refractivity contribution in [1.82, 2.24) is 0 Å². The molecular weight excluding hydrogens is 829 g/mol. The van der Waals surface area contributed by atoms with Crippen LogP contribution in [0.4, 0.5) is 0 Å². The van der Waals surface area contributed by atoms with Crippen LogP contribution >= 0.6 is 7.82 Å². The molecule has 1 aromatic rings. The summed E-state index contributed by atoms with van der Waals surface area (Å²) in [5.41, 5.74) is 2.54. The first-order valence-electron chi connectivity index (χ1n) is 23.9. The Morgan fingerprint density at radius 2 is 1.37 bits per heavy atom. The van der Waals surface area contributed by atoms with Crippen molar-refractivity contribution in [2.24, 2.45) is 11.8 Å². The van der Waals surface area contributed by atoms with E-state index in [0.29, 0.717) is 36.7 Å². The van der Waals surface area contributed by atoms with Gasteiger partial charge in [-0.2, -0.15) is 0 Å². The molecule has 1 aliphatic carbocycles. The van der Waals surface area contributed by atoms with Gasteiger partial charge in [0.1, 0.15) is 37.1 Å². The molecule has 1 fully saturated rings. The third kappa shape index (κ3) is 24.6. The van der Waals surface area contributed by atoms with E-state index in [9.17, 15) is 39.2 Å². The minimum absolute atomic E-state index is 0.0179. The van der Waals surface area contributed by atoms with Crippen molar-refractivity contribution < 1.29 is 66.6 Å². The van der Waals surface area contributed by atoms with Gasteiger partial charge in [0.15, 0.2) is 6.10 Å². The van der Waals surface area contributed by atoms with Crippen LogP contribution in [0.15, 0.2) is 16.6 Å². The van der Waals surface area contributed by atoms with Gasteiger partial charge in [-0.15, -0.1) is 0 Å². The summed E-state index contributed by atoms with van der Waals surface area (Å²) in [5.74, 6) is 0.0639. The number of ketones is 1. The van der Waals surface area contributed by atoms with Gasteiger partial charge >= 0.3 is 11.9 Å². The fourth-order valence-electron chi connectivity index (χ4n) is 7.83. The quantitative estimate of drug-likeness (QED) is 0.0193. The Morgan fingerprint density at radius 1 is 0.794 bits per heavy atom. The largest absolute Gasteiger partial charge is 0.756 e. The number of phosphoric ester groups is 1. The number of ether oxygens (including phenoxy) is 2. The van der Waals surface area contributed by atoms with Gasteiger partial charge in [-0.05, 0) is 63.5 Å². The Kier molecular flexibility index (Phi) is 27.7. The highest BCUT2D eigenvalue weighted by Crippen LogP contribution is 2.39. The number of hydrogen-bond acceptors (Lipinski definition) is 13. The molecule has 1 unspecified atom stereocenters. The summed E-state index contributed by atoms with van der Waals surface area (Å²) in [6.07, 6.45) is 15.7. The molecule has 0 radical (unpaired) electrons. The average Bonchev–Trinajstić information content (AvgIpc) is 3.64. The van der Waals surface area contributed by atoms with Gasteiger partial charge in [0, 0.05) is 56.8 Å². The zero-order chi connectivity index (χ0) is 46.8. The van der Waals surface area contributed by atoms with E-state index in [2.05, 4.69) is 27.7 Å². The zero-order valence-corrected chi connectivity index (χ0v) is 40.7. The second kappa shape index (κ2) is 30.7. The molecule has 63 heavy (non-hydrogen) atoms. The van der Waals surface area contributed by atoms with Crippen molar-refractivity contribution in [1.29, 1.82) is 0 Å². The molecule has 1 saturated carbocycles. The van der Waals surface area contributed by atoms with Gasteiger partial charge in [0.25, 0.3) is 7.82 Å². The number of aryl methyl sites for hydroxylation is 2. The molecule has 1 aliphatic rings. The first-order valence-corrected chi connectivity index (χ1v) is 25.4. The van der Waals surface area contributed by atoms with Crippen LogP contribution in [0.3, 0.4) is 0 Å². The summed E-state index contributed by atoms with van der Waals surface area (Å²) in [6, 6.07) is 0. The second-order valence-corrected chi connectivity index (χ2v) is 20.1. The summed E-state index contributed by atoms with van der Waals surface area (Å²) in [7, 11) is 0.936. The summed E-state index contributed by atoms with van der Waals surface area (Å²) in [6.45, 7) is 7.90. The highest BCUT2D eigenvalue weighted by molar-refractivity contribution is 7.45. The summed E-state index contributed by atoms with van der Waals surface area (Å²) in [4.78, 5) is 50.9. The number of rotatable bonds is 36. The van der Waals surface area contributed by atoms with Gasteiger partial charge in [0.05, 0.1) is 46.1 Å². The minimum atomic E-state index is -4.74. The predicted molar refractivity (Wildman–Crippen MR) is 242 cm³/mol. The normalized spacial score (nSPS) is 19.9. The van der Waals surface area contributed by atoms with Crippen LogP contribution in [0.1, 0.15) is 165 Å². The predicted octanol–water partition coefficient (Wildman–Crippen LogP) is 7.94. The monoisotopic (exact) mass is 914 g/mol. The van der Waals surface area contributed by atoms with Crippen molar-refractivity contribution in [3.8, 4) is 0 Å². The second-order valence-electron chi connectivity index (χ2n) is 18.7. The lowest BCUT2D eigenvalue weighted by Gasteiger charge is -2.28. The molecule has 1 heterocycles. The fraction of sp³-hybridized carbons (Fsp3) is 0.812. The molecule has 15 heteroatoms. The molecule has 0 saturated heterocycles. The maximum atomic E-state index is 12.9. The third-order valence-electron chi connectivity index (χ3n) is 12.0. The highest BCUT2D eigenvalue weighted by atomic mass is 31.2. The molecule has 2 rings (SSSR count). The number of hydrogen-bond donors (Lipinski definition) is 3. The Balaban J connectivity index is 1.78. The van der Waals surface area contributed by atoms with Gasteiger partial charge in [-0.3, -0.25) is 18.9 Å². The number of phosphoric acid groups is 1. The first kappa shape index (κ1) is 56.7. The van der Waals surface area contributed by atoms with E-state index in [4.69, 9.17) is 22.9 Å². The number of furan rings is 1. The minimum Gasteiger partial charge on any atom is -0.756 e. The van der Waals surface area contributed by atoms with Gasteiger partial charge in [-0.1, -0.05) is 83.8 Å². The van der Waals surface area contributed by atoms with Crippen LogP contribution in [-0.2, 0) is 50.3 Å². The first-order chi connectivity index (χ1) is 29.9. The number of Topliss-reactive ketones (excluding diaryl/α,β-unsaturated/α-hetero) is 1. The summed E-state index contributed by atoms with van der Waals surface area (Å²) < 4.78 is 40.1. The maximum Gasteiger partial charge on any atom is 0.306 e. The number of unbranched alkanes of at least 4 members (excludes halogenated alkanes) is 10. The molecule has 3 N–H and O–H groups in total. The summed E-state index contributed by atoms with van der Waals surface area (Å²) in [5, 5.41) is 31.4. The number of carbonyl (C=O) groups is 3. The van der Waals surface area contributed by atoms with E-state index in [1.807, 2.05) is 21.1 Å². The lowest BCUT2D eigenvalue weighted by atomic mass is 9.87. The average molecular weight is 914 g/mol. The Morgan fingerprint density at radius 3 is 2.02 bits per heavy atom. The van der Waals surface area contributed by atoms with Crippen LogP contribution in [0.2, 0.25) is 0 Å². The molecule has 364 valence electrons. The molecular formula is C48H84NO13P. The number of aliphatic hydroxyl groups is 3. The van der Waals surface area contributed by atoms with E-state index in [-0.39, 0.29) is 44.5 Å². The van der Waals surface area contributed by atoms with E-state index >= 15 is 0 Å². The fourth-order valence-corrected chi connectivity index (χ4v) is 8.56. The van der Waals surface area contributed by atoms with E-state index in [1.165, 1.54) is 24.0 Å². The SMILES string of the molecule is CCCCCc1oc(CCCCCCCCC(=O)O[C@H](COC(=O)CCCCC(=O)C[C@@H]2[C@@H](/C=C/[C@@H](O)CCCCC)[C@H](O)C[C@@H]2O)COP(=O)([O-])OCC[N+](C)(C)C)c(C)c1C. The van der Waals surface area contributed by atoms with Crippen molar-refractivity contribution >= 4 is 25.5 Å². The summed E-state index contributed by atoms with van der Waals surface area (Å²) >= 11 is 0. The van der Waals surface area contributed by atoms with E-state index in [1.54, 1.807) is 12.2 Å². The maximum absolute atomic E-state index is 12.9. The van der Waals surface area contributed by atoms with Crippen LogP contribution in [0.5, 0.6) is 0 Å².